The maximum atomic E-state index is 7.57. The summed E-state index contributed by atoms with van der Waals surface area (Å²) in [4.78, 5) is 0. The van der Waals surface area contributed by atoms with Crippen molar-refractivity contribution in [2.75, 3.05) is 6.61 Å². The van der Waals surface area contributed by atoms with Gasteiger partial charge in [-0.25, -0.2) is 0 Å². The second-order valence-electron chi connectivity index (χ2n) is 0.316. The van der Waals surface area contributed by atoms with Gasteiger partial charge in [-0.1, -0.05) is 0 Å². The zero-order chi connectivity index (χ0) is 2.71. The zero-order valence-electron chi connectivity index (χ0n) is 3.71. The first-order valence-electron chi connectivity index (χ1n) is 1.02. The van der Waals surface area contributed by atoms with Gasteiger partial charge >= 0.3 is 0 Å². The number of aliphatic hydroxyl groups is 1. The normalized spacial score (nSPS) is 2.57. The average Bonchev–Trinajstić information content (AvgIpc) is 0.918. The molecule has 0 aromatic rings. The Hall–Kier alpha value is 1.45. The van der Waals surface area contributed by atoms with Gasteiger partial charge in [0.1, 0.15) is 0 Å². The maximum Gasteiger partial charge on any atom is 0.0402 e. The summed E-state index contributed by atoms with van der Waals surface area (Å²) in [5.41, 5.74) is 0. The van der Waals surface area contributed by atoms with Crippen molar-refractivity contribution in [2.45, 2.75) is 6.92 Å². The van der Waals surface area contributed by atoms with Crippen LogP contribution in [0.3, 0.4) is 0 Å². The monoisotopic (exact) mass is 257 g/mol. The van der Waals surface area contributed by atoms with Crippen molar-refractivity contribution in [3.8, 4) is 0 Å². The minimum absolute atomic E-state index is 0. The SMILES string of the molecule is CCO.Cl.Cl.Cl.[Rh]. The van der Waals surface area contributed by atoms with Gasteiger partial charge in [-0.2, -0.15) is 0 Å². The summed E-state index contributed by atoms with van der Waals surface area (Å²) in [5, 5.41) is 7.57. The molecule has 0 saturated heterocycles. The quantitative estimate of drug-likeness (QED) is 0.649. The number of aliphatic hydroxyl groups excluding tert-OH is 1. The Labute approximate surface area is 75.2 Å². The molecule has 1 N–H and O–H groups in total. The first-order valence-corrected chi connectivity index (χ1v) is 1.02. The summed E-state index contributed by atoms with van der Waals surface area (Å²) in [7, 11) is 0. The average molecular weight is 258 g/mol. The van der Waals surface area contributed by atoms with Crippen LogP contribution in [0.1, 0.15) is 6.92 Å². The van der Waals surface area contributed by atoms with Crippen molar-refractivity contribution in [2.24, 2.45) is 0 Å². The molecule has 53 valence electrons. The van der Waals surface area contributed by atoms with Gasteiger partial charge in [0.25, 0.3) is 0 Å². The van der Waals surface area contributed by atoms with Crippen molar-refractivity contribution < 1.29 is 24.6 Å². The van der Waals surface area contributed by atoms with E-state index in [1.807, 2.05) is 0 Å². The van der Waals surface area contributed by atoms with E-state index in [-0.39, 0.29) is 63.3 Å². The maximum absolute atomic E-state index is 7.57. The van der Waals surface area contributed by atoms with Gasteiger partial charge in [-0.3, -0.25) is 0 Å². The van der Waals surface area contributed by atoms with Gasteiger partial charge in [0, 0.05) is 26.1 Å². The van der Waals surface area contributed by atoms with Crippen molar-refractivity contribution >= 4 is 37.2 Å². The third-order valence-corrected chi connectivity index (χ3v) is 0. The van der Waals surface area contributed by atoms with Crippen LogP contribution < -0.4 is 0 Å². The van der Waals surface area contributed by atoms with Gasteiger partial charge in [0.2, 0.25) is 0 Å². The standard InChI is InChI=1S/C2H6O.3ClH.Rh/c1-2-3;;;;/h3H,2H2,1H3;3*1H;. The fourth-order valence-corrected chi connectivity index (χ4v) is 0. The van der Waals surface area contributed by atoms with Crippen LogP contribution in [0.5, 0.6) is 0 Å². The molecule has 7 heavy (non-hydrogen) atoms. The molecule has 0 aliphatic heterocycles. The molecule has 0 aliphatic carbocycles. The topological polar surface area (TPSA) is 20.2 Å². The van der Waals surface area contributed by atoms with Crippen LogP contribution in [-0.4, -0.2) is 11.7 Å². The van der Waals surface area contributed by atoms with Gasteiger partial charge in [0.05, 0.1) is 0 Å². The predicted molar refractivity (Wildman–Crippen MR) is 34.5 cm³/mol. The van der Waals surface area contributed by atoms with Crippen molar-refractivity contribution in [1.82, 2.24) is 0 Å². The molecule has 0 atom stereocenters. The van der Waals surface area contributed by atoms with Crippen LogP contribution in [0, 0.1) is 0 Å². The third kappa shape index (κ3) is 105. The molecular weight excluding hydrogens is 249 g/mol. The van der Waals surface area contributed by atoms with Crippen LogP contribution in [0.4, 0.5) is 0 Å². The van der Waals surface area contributed by atoms with E-state index >= 15 is 0 Å². The Bertz CT molecular complexity index is 12.9. The Kier molecular flexibility index (Phi) is 290. The third-order valence-electron chi connectivity index (χ3n) is 0. The smallest absolute Gasteiger partial charge is 0.0402 e. The van der Waals surface area contributed by atoms with Crippen LogP contribution in [-0.2, 0) is 19.5 Å². The van der Waals surface area contributed by atoms with Crippen LogP contribution in [0.25, 0.3) is 0 Å². The molecule has 0 rings (SSSR count). The molecule has 5 heteroatoms. The Morgan fingerprint density at radius 3 is 1.14 bits per heavy atom. The van der Waals surface area contributed by atoms with E-state index in [2.05, 4.69) is 0 Å². The van der Waals surface area contributed by atoms with E-state index in [9.17, 15) is 0 Å². The van der Waals surface area contributed by atoms with Crippen LogP contribution in [0.15, 0.2) is 0 Å². The number of hydrogen-bond acceptors (Lipinski definition) is 1. The van der Waals surface area contributed by atoms with E-state index in [1.54, 1.807) is 6.92 Å². The molecule has 0 aliphatic rings. The van der Waals surface area contributed by atoms with Gasteiger partial charge in [-0.15, -0.1) is 37.2 Å². The van der Waals surface area contributed by atoms with E-state index in [0.29, 0.717) is 0 Å². The number of hydrogen-bond donors (Lipinski definition) is 1. The molecule has 1 nitrogen and oxygen atoms in total. The molecule has 1 radical (unpaired) electrons. The first kappa shape index (κ1) is 39.4. The second kappa shape index (κ2) is 51.6. The van der Waals surface area contributed by atoms with Crippen molar-refractivity contribution in [3.05, 3.63) is 0 Å². The summed E-state index contributed by atoms with van der Waals surface area (Å²) in [6, 6.07) is 0. The molecule has 0 heterocycles. The molecule has 0 bridgehead atoms. The van der Waals surface area contributed by atoms with Gasteiger partial charge < -0.3 is 5.11 Å². The summed E-state index contributed by atoms with van der Waals surface area (Å²) >= 11 is 0. The van der Waals surface area contributed by atoms with Crippen LogP contribution in [0.2, 0.25) is 0 Å². The Morgan fingerprint density at radius 1 is 1.14 bits per heavy atom. The molecule has 0 aromatic carbocycles. The fourth-order valence-electron chi connectivity index (χ4n) is 0. The molecule has 0 fully saturated rings. The largest absolute Gasteiger partial charge is 0.397 e. The molecule has 0 spiro atoms. The van der Waals surface area contributed by atoms with E-state index in [1.165, 1.54) is 0 Å². The minimum Gasteiger partial charge on any atom is -0.397 e. The summed E-state index contributed by atoms with van der Waals surface area (Å²) in [5.74, 6) is 0. The fraction of sp³-hybridized carbons (Fsp3) is 1.00. The summed E-state index contributed by atoms with van der Waals surface area (Å²) < 4.78 is 0. The van der Waals surface area contributed by atoms with E-state index in [0.717, 1.165) is 0 Å². The molecule has 0 amide bonds. The summed E-state index contributed by atoms with van der Waals surface area (Å²) in [6.45, 7) is 1.93. The number of halogens is 3. The van der Waals surface area contributed by atoms with Crippen molar-refractivity contribution in [3.63, 3.8) is 0 Å². The Balaban J connectivity index is -0.00000000333. The van der Waals surface area contributed by atoms with E-state index in [4.69, 9.17) is 5.11 Å². The second-order valence-corrected chi connectivity index (χ2v) is 0.316. The van der Waals surface area contributed by atoms with Crippen molar-refractivity contribution in [1.29, 1.82) is 0 Å². The van der Waals surface area contributed by atoms with E-state index < -0.39 is 0 Å². The van der Waals surface area contributed by atoms with Gasteiger partial charge in [-0.05, 0) is 6.92 Å². The molecular formula is C2H9Cl3ORh. The number of rotatable bonds is 0. The molecule has 0 unspecified atom stereocenters. The summed E-state index contributed by atoms with van der Waals surface area (Å²) in [6.07, 6.45) is 0. The zero-order valence-corrected chi connectivity index (χ0v) is 7.80. The Morgan fingerprint density at radius 2 is 1.14 bits per heavy atom. The van der Waals surface area contributed by atoms with Crippen LogP contribution >= 0.6 is 37.2 Å². The molecule has 0 saturated carbocycles. The predicted octanol–water partition coefficient (Wildman–Crippen LogP) is 1.26. The minimum atomic E-state index is 0. The first-order chi connectivity index (χ1) is 1.41. The van der Waals surface area contributed by atoms with Gasteiger partial charge in [0.15, 0.2) is 0 Å². The molecule has 0 aromatic heterocycles.